The van der Waals surface area contributed by atoms with Crippen LogP contribution in [0.2, 0.25) is 0 Å². The highest BCUT2D eigenvalue weighted by molar-refractivity contribution is 5.90. The van der Waals surface area contributed by atoms with Gasteiger partial charge in [0.15, 0.2) is 0 Å². The van der Waals surface area contributed by atoms with Crippen molar-refractivity contribution >= 4 is 22.1 Å². The minimum atomic E-state index is 0.0304. The molecule has 1 N–H and O–H groups in total. The summed E-state index contributed by atoms with van der Waals surface area (Å²) in [6.45, 7) is 8.72. The summed E-state index contributed by atoms with van der Waals surface area (Å²) in [5.74, 6) is 0. The van der Waals surface area contributed by atoms with Crippen LogP contribution in [0.4, 0.5) is 0 Å². The highest BCUT2D eigenvalue weighted by atomic mass is 14.9. The molecule has 19 heavy (non-hydrogen) atoms. The summed E-state index contributed by atoms with van der Waals surface area (Å²) in [6, 6.07) is 4.03. The number of rotatable bonds is 1. The number of imidazole rings is 1. The van der Waals surface area contributed by atoms with Crippen molar-refractivity contribution in [1.29, 1.82) is 0 Å². The van der Waals surface area contributed by atoms with Crippen molar-refractivity contribution in [3.05, 3.63) is 29.8 Å². The normalized spacial score (nSPS) is 12.4. The highest BCUT2D eigenvalue weighted by Gasteiger charge is 2.20. The molecule has 4 nitrogen and oxygen atoms in total. The molecule has 0 bridgehead atoms. The lowest BCUT2D eigenvalue weighted by Crippen LogP contribution is -2.17. The molecule has 98 valence electrons. The van der Waals surface area contributed by atoms with Gasteiger partial charge in [0.05, 0.1) is 27.8 Å². The van der Waals surface area contributed by atoms with Gasteiger partial charge in [-0.2, -0.15) is 0 Å². The molecule has 0 amide bonds. The molecule has 0 saturated carbocycles. The van der Waals surface area contributed by atoms with Crippen LogP contribution in [0.3, 0.4) is 0 Å². The number of hydrogen-bond donors (Lipinski definition) is 1. The summed E-state index contributed by atoms with van der Waals surface area (Å²) in [4.78, 5) is 16.8. The van der Waals surface area contributed by atoms with Crippen LogP contribution in [-0.4, -0.2) is 19.9 Å². The first kappa shape index (κ1) is 12.1. The largest absolute Gasteiger partial charge is 0.356 e. The van der Waals surface area contributed by atoms with Crippen LogP contribution in [-0.2, 0) is 11.8 Å². The van der Waals surface area contributed by atoms with E-state index in [0.29, 0.717) is 0 Å². The van der Waals surface area contributed by atoms with E-state index >= 15 is 0 Å². The number of nitrogens with zero attached hydrogens (tertiary/aromatic N) is 3. The lowest BCUT2D eigenvalue weighted by atomic mass is 9.89. The number of H-pyrrole nitrogens is 1. The van der Waals surface area contributed by atoms with Gasteiger partial charge in [-0.3, -0.25) is 0 Å². The Kier molecular flexibility index (Phi) is 2.55. The van der Waals surface area contributed by atoms with E-state index in [2.05, 4.69) is 42.6 Å². The molecule has 2 heterocycles. The molecule has 0 aliphatic heterocycles. The van der Waals surface area contributed by atoms with E-state index in [1.807, 2.05) is 12.1 Å². The fraction of sp³-hybridized carbons (Fsp3) is 0.400. The Hall–Kier alpha value is -1.97. The second kappa shape index (κ2) is 4.02. The van der Waals surface area contributed by atoms with E-state index in [1.165, 1.54) is 5.69 Å². The van der Waals surface area contributed by atoms with E-state index in [0.717, 1.165) is 34.2 Å². The molecule has 0 saturated heterocycles. The Balaban J connectivity index is 2.36. The zero-order chi connectivity index (χ0) is 13.6. The Morgan fingerprint density at radius 1 is 1.05 bits per heavy atom. The average molecular weight is 254 g/mol. The Morgan fingerprint density at radius 2 is 1.74 bits per heavy atom. The highest BCUT2D eigenvalue weighted by Crippen LogP contribution is 2.26. The molecule has 0 fully saturated rings. The van der Waals surface area contributed by atoms with Gasteiger partial charge in [0, 0.05) is 11.1 Å². The molecule has 4 heteroatoms. The fourth-order valence-electron chi connectivity index (χ4n) is 2.40. The van der Waals surface area contributed by atoms with Gasteiger partial charge in [-0.1, -0.05) is 27.7 Å². The van der Waals surface area contributed by atoms with Crippen molar-refractivity contribution in [3.63, 3.8) is 0 Å². The monoisotopic (exact) mass is 254 g/mol. The zero-order valence-electron chi connectivity index (χ0n) is 11.8. The van der Waals surface area contributed by atoms with E-state index < -0.39 is 0 Å². The first-order valence-electron chi connectivity index (χ1n) is 6.63. The minimum absolute atomic E-state index is 0.0304. The smallest absolute Gasteiger partial charge is 0.116 e. The summed E-state index contributed by atoms with van der Waals surface area (Å²) in [5.41, 5.74) is 6.14. The van der Waals surface area contributed by atoms with Crippen LogP contribution in [0.1, 0.15) is 39.1 Å². The molecule has 2 aromatic heterocycles. The molecule has 0 aliphatic rings. The van der Waals surface area contributed by atoms with Crippen molar-refractivity contribution in [2.24, 2.45) is 0 Å². The maximum absolute atomic E-state index is 4.85. The van der Waals surface area contributed by atoms with Gasteiger partial charge < -0.3 is 4.98 Å². The molecule has 0 unspecified atom stereocenters. The number of fused-ring (bicyclic) bond motifs is 2. The van der Waals surface area contributed by atoms with E-state index in [1.54, 1.807) is 6.33 Å². The number of aromatic nitrogens is 4. The first-order chi connectivity index (χ1) is 8.99. The van der Waals surface area contributed by atoms with Crippen LogP contribution in [0.25, 0.3) is 22.1 Å². The fourth-order valence-corrected chi connectivity index (χ4v) is 2.40. The van der Waals surface area contributed by atoms with Gasteiger partial charge >= 0.3 is 0 Å². The van der Waals surface area contributed by atoms with Crippen LogP contribution in [0.15, 0.2) is 18.5 Å². The van der Waals surface area contributed by atoms with E-state index in [9.17, 15) is 0 Å². The number of benzene rings is 1. The van der Waals surface area contributed by atoms with Gasteiger partial charge in [0.25, 0.3) is 0 Å². The van der Waals surface area contributed by atoms with Gasteiger partial charge in [-0.05, 0) is 18.6 Å². The van der Waals surface area contributed by atoms with Crippen LogP contribution < -0.4 is 0 Å². The molecular weight excluding hydrogens is 236 g/mol. The summed E-state index contributed by atoms with van der Waals surface area (Å²) in [7, 11) is 0. The summed E-state index contributed by atoms with van der Waals surface area (Å²) in [5, 5.41) is 0. The molecule has 3 rings (SSSR count). The Labute approximate surface area is 112 Å². The number of aromatic amines is 1. The molecule has 1 aromatic carbocycles. The van der Waals surface area contributed by atoms with Gasteiger partial charge in [0.2, 0.25) is 0 Å². The van der Waals surface area contributed by atoms with Crippen LogP contribution in [0, 0.1) is 0 Å². The molecule has 0 spiro atoms. The third-order valence-electron chi connectivity index (χ3n) is 3.35. The second-order valence-electron chi connectivity index (χ2n) is 5.90. The Morgan fingerprint density at radius 3 is 2.37 bits per heavy atom. The Bertz CT molecular complexity index is 750. The van der Waals surface area contributed by atoms with Crippen molar-refractivity contribution in [1.82, 2.24) is 19.9 Å². The third kappa shape index (κ3) is 1.97. The van der Waals surface area contributed by atoms with Crippen molar-refractivity contribution in [3.8, 4) is 0 Å². The quantitative estimate of drug-likeness (QED) is 0.724. The molecule has 0 aliphatic carbocycles. The standard InChI is InChI=1S/C15H18N4/c1-5-9-14(15(2,3)4)19-13-7-11-10(16-8-17-11)6-12(13)18-9/h6-8,18H,5H2,1-4H3. The summed E-state index contributed by atoms with van der Waals surface area (Å²) < 4.78 is 0. The summed E-state index contributed by atoms with van der Waals surface area (Å²) >= 11 is 0. The number of hydrogen-bond acceptors (Lipinski definition) is 3. The molecule has 3 aromatic rings. The van der Waals surface area contributed by atoms with Crippen molar-refractivity contribution < 1.29 is 0 Å². The second-order valence-corrected chi connectivity index (χ2v) is 5.90. The van der Waals surface area contributed by atoms with E-state index in [-0.39, 0.29) is 5.41 Å². The molecule has 0 atom stereocenters. The van der Waals surface area contributed by atoms with Gasteiger partial charge in [0.1, 0.15) is 6.33 Å². The average Bonchev–Trinajstić information content (AvgIpc) is 2.80. The predicted octanol–water partition coefficient (Wildman–Crippen LogP) is 3.37. The minimum Gasteiger partial charge on any atom is -0.356 e. The topological polar surface area (TPSA) is 54.5 Å². The SMILES string of the molecule is CCc1[nH]c2cc3ncnc3cc2nc1C(C)(C)C. The maximum atomic E-state index is 4.85. The molecular formula is C15H18N4. The van der Waals surface area contributed by atoms with Crippen molar-refractivity contribution in [2.45, 2.75) is 39.5 Å². The summed E-state index contributed by atoms with van der Waals surface area (Å²) in [6.07, 6.45) is 2.54. The van der Waals surface area contributed by atoms with Crippen LogP contribution >= 0.6 is 0 Å². The lowest BCUT2D eigenvalue weighted by Gasteiger charge is -2.21. The number of nitrogens with one attached hydrogen (secondary N) is 1. The predicted molar refractivity (Wildman–Crippen MR) is 77.3 cm³/mol. The van der Waals surface area contributed by atoms with Gasteiger partial charge in [-0.25, -0.2) is 15.0 Å². The maximum Gasteiger partial charge on any atom is 0.116 e. The van der Waals surface area contributed by atoms with Crippen molar-refractivity contribution in [2.75, 3.05) is 0 Å². The lowest BCUT2D eigenvalue weighted by molar-refractivity contribution is 0.559. The molecule has 0 radical (unpaired) electrons. The third-order valence-corrected chi connectivity index (χ3v) is 3.35. The number of aryl methyl sites for hydroxylation is 1. The van der Waals surface area contributed by atoms with Crippen LogP contribution in [0.5, 0.6) is 0 Å². The zero-order valence-corrected chi connectivity index (χ0v) is 11.8. The van der Waals surface area contributed by atoms with E-state index in [4.69, 9.17) is 4.98 Å². The van der Waals surface area contributed by atoms with Gasteiger partial charge in [-0.15, -0.1) is 0 Å². The first-order valence-corrected chi connectivity index (χ1v) is 6.63.